The highest BCUT2D eigenvalue weighted by Gasteiger charge is 2.29. The minimum atomic E-state index is -4.30. The summed E-state index contributed by atoms with van der Waals surface area (Å²) >= 11 is 1.51. The van der Waals surface area contributed by atoms with Gasteiger partial charge in [-0.2, -0.15) is 13.2 Å². The van der Waals surface area contributed by atoms with Gasteiger partial charge in [-0.05, 0) is 29.8 Å². The fourth-order valence-corrected chi connectivity index (χ4v) is 2.45. The van der Waals surface area contributed by atoms with Crippen LogP contribution in [0.15, 0.2) is 53.4 Å². The molecule has 20 heavy (non-hydrogen) atoms. The van der Waals surface area contributed by atoms with E-state index in [2.05, 4.69) is 0 Å². The Balaban J connectivity index is 1.98. The van der Waals surface area contributed by atoms with Gasteiger partial charge >= 0.3 is 6.18 Å². The van der Waals surface area contributed by atoms with Gasteiger partial charge in [0.15, 0.2) is 0 Å². The second kappa shape index (κ2) is 6.13. The summed E-state index contributed by atoms with van der Waals surface area (Å²) in [6, 6.07) is 12.2. The van der Waals surface area contributed by atoms with E-state index in [1.807, 2.05) is 12.1 Å². The second-order valence-corrected chi connectivity index (χ2v) is 5.22. The van der Waals surface area contributed by atoms with Crippen molar-refractivity contribution in [3.63, 3.8) is 0 Å². The van der Waals surface area contributed by atoms with Crippen molar-refractivity contribution >= 4 is 18.0 Å². The van der Waals surface area contributed by atoms with Crippen LogP contribution in [0.3, 0.4) is 0 Å². The normalized spacial score (nSPS) is 11.3. The van der Waals surface area contributed by atoms with E-state index < -0.39 is 11.7 Å². The van der Waals surface area contributed by atoms with Crippen LogP contribution in [0.2, 0.25) is 0 Å². The molecule has 0 aliphatic rings. The van der Waals surface area contributed by atoms with E-state index in [1.165, 1.54) is 23.9 Å². The van der Waals surface area contributed by atoms with E-state index in [1.54, 1.807) is 12.1 Å². The zero-order chi connectivity index (χ0) is 14.6. The monoisotopic (exact) mass is 296 g/mol. The summed E-state index contributed by atoms with van der Waals surface area (Å²) in [6.07, 6.45) is -3.53. The van der Waals surface area contributed by atoms with E-state index in [0.717, 1.165) is 28.9 Å². The van der Waals surface area contributed by atoms with Crippen LogP contribution in [0.1, 0.15) is 21.5 Å². The van der Waals surface area contributed by atoms with Crippen molar-refractivity contribution in [3.05, 3.63) is 65.2 Å². The molecule has 1 nitrogen and oxygen atoms in total. The molecule has 0 atom stereocenters. The van der Waals surface area contributed by atoms with Gasteiger partial charge in [0.05, 0.1) is 5.56 Å². The fourth-order valence-electron chi connectivity index (χ4n) is 1.60. The molecule has 0 aliphatic carbocycles. The molecular formula is C15H11F3OS. The number of thioether (sulfide) groups is 1. The molecule has 0 fully saturated rings. The third-order valence-electron chi connectivity index (χ3n) is 2.70. The van der Waals surface area contributed by atoms with Crippen molar-refractivity contribution < 1.29 is 18.0 Å². The maximum atomic E-state index is 12.4. The maximum Gasteiger partial charge on any atom is 0.416 e. The van der Waals surface area contributed by atoms with E-state index >= 15 is 0 Å². The van der Waals surface area contributed by atoms with Crippen LogP contribution in [0.5, 0.6) is 0 Å². The van der Waals surface area contributed by atoms with Crippen molar-refractivity contribution in [2.24, 2.45) is 0 Å². The van der Waals surface area contributed by atoms with Crippen molar-refractivity contribution in [3.8, 4) is 0 Å². The average Bonchev–Trinajstić information content (AvgIpc) is 2.45. The van der Waals surface area contributed by atoms with Gasteiger partial charge in [0.1, 0.15) is 6.29 Å². The number of benzene rings is 2. The Labute approximate surface area is 118 Å². The SMILES string of the molecule is O=Cc1ccc(SCc2ccc(C(F)(F)F)cc2)cc1. The average molecular weight is 296 g/mol. The van der Waals surface area contributed by atoms with Gasteiger partial charge in [-0.3, -0.25) is 4.79 Å². The van der Waals surface area contributed by atoms with Gasteiger partial charge in [0, 0.05) is 16.2 Å². The van der Waals surface area contributed by atoms with E-state index in [9.17, 15) is 18.0 Å². The molecular weight excluding hydrogens is 285 g/mol. The van der Waals surface area contributed by atoms with Crippen LogP contribution in [-0.2, 0) is 11.9 Å². The Morgan fingerprint density at radius 1 is 0.950 bits per heavy atom. The van der Waals surface area contributed by atoms with Gasteiger partial charge in [0.2, 0.25) is 0 Å². The molecule has 104 valence electrons. The lowest BCUT2D eigenvalue weighted by atomic mass is 10.1. The maximum absolute atomic E-state index is 12.4. The highest BCUT2D eigenvalue weighted by atomic mass is 32.2. The summed E-state index contributed by atoms with van der Waals surface area (Å²) in [5.74, 6) is 0.582. The lowest BCUT2D eigenvalue weighted by molar-refractivity contribution is -0.137. The third-order valence-corrected chi connectivity index (χ3v) is 3.79. The first kappa shape index (κ1) is 14.7. The number of aldehydes is 1. The Hall–Kier alpha value is -1.75. The highest BCUT2D eigenvalue weighted by molar-refractivity contribution is 7.98. The van der Waals surface area contributed by atoms with Gasteiger partial charge < -0.3 is 0 Å². The zero-order valence-electron chi connectivity index (χ0n) is 10.4. The number of carbonyl (C=O) groups excluding carboxylic acids is 1. The first-order valence-corrected chi connectivity index (χ1v) is 6.82. The molecule has 0 spiro atoms. The van der Waals surface area contributed by atoms with Gasteiger partial charge in [0.25, 0.3) is 0 Å². The van der Waals surface area contributed by atoms with Crippen molar-refractivity contribution in [2.45, 2.75) is 16.8 Å². The molecule has 0 aliphatic heterocycles. The lowest BCUT2D eigenvalue weighted by Crippen LogP contribution is -2.04. The molecule has 0 bridgehead atoms. The predicted octanol–water partition coefficient (Wildman–Crippen LogP) is 4.81. The summed E-state index contributed by atoms with van der Waals surface area (Å²) in [5.41, 5.74) is 0.785. The van der Waals surface area contributed by atoms with Crippen LogP contribution in [0.4, 0.5) is 13.2 Å². The Morgan fingerprint density at radius 3 is 2.05 bits per heavy atom. The molecule has 0 heterocycles. The Kier molecular flexibility index (Phi) is 4.49. The molecule has 2 aromatic rings. The molecule has 0 aromatic heterocycles. The number of hydrogen-bond donors (Lipinski definition) is 0. The minimum Gasteiger partial charge on any atom is -0.298 e. The standard InChI is InChI=1S/C15H11F3OS/c16-15(17,18)13-5-1-12(2-6-13)10-20-14-7-3-11(9-19)4-8-14/h1-9H,10H2. The van der Waals surface area contributed by atoms with Gasteiger partial charge in [-0.15, -0.1) is 11.8 Å². The van der Waals surface area contributed by atoms with Crippen molar-refractivity contribution in [2.75, 3.05) is 0 Å². The van der Waals surface area contributed by atoms with Crippen LogP contribution in [0, 0.1) is 0 Å². The van der Waals surface area contributed by atoms with E-state index in [4.69, 9.17) is 0 Å². The number of alkyl halides is 3. The van der Waals surface area contributed by atoms with Crippen LogP contribution >= 0.6 is 11.8 Å². The van der Waals surface area contributed by atoms with E-state index in [-0.39, 0.29) is 0 Å². The molecule has 0 unspecified atom stereocenters. The van der Waals surface area contributed by atoms with Crippen LogP contribution in [-0.4, -0.2) is 6.29 Å². The van der Waals surface area contributed by atoms with Crippen molar-refractivity contribution in [1.82, 2.24) is 0 Å². The summed E-state index contributed by atoms with van der Waals surface area (Å²) in [5, 5.41) is 0. The van der Waals surface area contributed by atoms with Crippen LogP contribution < -0.4 is 0 Å². The van der Waals surface area contributed by atoms with Crippen molar-refractivity contribution in [1.29, 1.82) is 0 Å². The molecule has 0 saturated carbocycles. The molecule has 5 heteroatoms. The predicted molar refractivity (Wildman–Crippen MR) is 72.8 cm³/mol. The minimum absolute atomic E-state index is 0.582. The topological polar surface area (TPSA) is 17.1 Å². The molecule has 0 radical (unpaired) electrons. The third kappa shape index (κ3) is 3.87. The molecule has 0 amide bonds. The summed E-state index contributed by atoms with van der Waals surface area (Å²) < 4.78 is 37.2. The van der Waals surface area contributed by atoms with Gasteiger partial charge in [-0.25, -0.2) is 0 Å². The van der Waals surface area contributed by atoms with Crippen LogP contribution in [0.25, 0.3) is 0 Å². The van der Waals surface area contributed by atoms with Gasteiger partial charge in [-0.1, -0.05) is 24.3 Å². The molecule has 2 aromatic carbocycles. The summed E-state index contributed by atoms with van der Waals surface area (Å²) in [6.45, 7) is 0. The summed E-state index contributed by atoms with van der Waals surface area (Å²) in [4.78, 5) is 11.5. The summed E-state index contributed by atoms with van der Waals surface area (Å²) in [7, 11) is 0. The smallest absolute Gasteiger partial charge is 0.298 e. The highest BCUT2D eigenvalue weighted by Crippen LogP contribution is 2.30. The quantitative estimate of drug-likeness (QED) is 0.595. The first-order valence-electron chi connectivity index (χ1n) is 5.83. The van der Waals surface area contributed by atoms with E-state index in [0.29, 0.717) is 11.3 Å². The Bertz CT molecular complexity index is 574. The fraction of sp³-hybridized carbons (Fsp3) is 0.133. The number of carbonyl (C=O) groups is 1. The zero-order valence-corrected chi connectivity index (χ0v) is 11.2. The Morgan fingerprint density at radius 2 is 1.55 bits per heavy atom. The largest absolute Gasteiger partial charge is 0.416 e. The number of hydrogen-bond acceptors (Lipinski definition) is 2. The molecule has 0 saturated heterocycles. The second-order valence-electron chi connectivity index (χ2n) is 4.17. The molecule has 2 rings (SSSR count). The number of halogens is 3. The first-order chi connectivity index (χ1) is 9.49. The lowest BCUT2D eigenvalue weighted by Gasteiger charge is -2.07. The molecule has 0 N–H and O–H groups in total. The number of rotatable bonds is 4.